The van der Waals surface area contributed by atoms with E-state index in [1.165, 1.54) is 30.4 Å². The topological polar surface area (TPSA) is 34.1 Å². The summed E-state index contributed by atoms with van der Waals surface area (Å²) in [6.07, 6.45) is 5.78. The molecule has 106 valence electrons. The molecule has 3 nitrogen and oxygen atoms in total. The Kier molecular flexibility index (Phi) is 3.06. The normalized spacial score (nSPS) is 18.7. The Bertz CT molecular complexity index is 604. The second kappa shape index (κ2) is 4.92. The first-order valence-corrected chi connectivity index (χ1v) is 8.33. The van der Waals surface area contributed by atoms with E-state index in [0.29, 0.717) is 0 Å². The molecule has 1 heterocycles. The summed E-state index contributed by atoms with van der Waals surface area (Å²) in [6, 6.07) is 6.08. The van der Waals surface area contributed by atoms with E-state index < -0.39 is 0 Å². The van der Waals surface area contributed by atoms with E-state index >= 15 is 0 Å². The van der Waals surface area contributed by atoms with Crippen molar-refractivity contribution in [1.82, 2.24) is 4.98 Å². The summed E-state index contributed by atoms with van der Waals surface area (Å²) in [5.41, 5.74) is 1.06. The second-order valence-corrected chi connectivity index (χ2v) is 7.10. The Morgan fingerprint density at radius 3 is 2.70 bits per heavy atom. The van der Waals surface area contributed by atoms with Crippen molar-refractivity contribution in [2.75, 3.05) is 19.0 Å². The lowest BCUT2D eigenvalue weighted by Gasteiger charge is -2.15. The van der Waals surface area contributed by atoms with Gasteiger partial charge in [0, 0.05) is 6.54 Å². The molecular formula is C16H20N2OS. The maximum absolute atomic E-state index is 5.27. The molecule has 4 heteroatoms. The van der Waals surface area contributed by atoms with Crippen LogP contribution in [0.3, 0.4) is 0 Å². The van der Waals surface area contributed by atoms with Crippen LogP contribution in [0, 0.1) is 17.8 Å². The first-order valence-electron chi connectivity index (χ1n) is 7.52. The van der Waals surface area contributed by atoms with Crippen LogP contribution in [-0.4, -0.2) is 18.6 Å². The van der Waals surface area contributed by atoms with Crippen molar-refractivity contribution in [3.8, 4) is 5.75 Å². The molecule has 0 saturated heterocycles. The number of rotatable bonds is 6. The van der Waals surface area contributed by atoms with E-state index in [-0.39, 0.29) is 0 Å². The fourth-order valence-corrected chi connectivity index (χ4v) is 3.98. The summed E-state index contributed by atoms with van der Waals surface area (Å²) in [6.45, 7) is 1.10. The highest BCUT2D eigenvalue weighted by Gasteiger charge is 2.41. The molecule has 2 saturated carbocycles. The molecule has 0 aliphatic heterocycles. The Labute approximate surface area is 123 Å². The van der Waals surface area contributed by atoms with Crippen LogP contribution < -0.4 is 10.1 Å². The van der Waals surface area contributed by atoms with Gasteiger partial charge in [-0.1, -0.05) is 11.3 Å². The summed E-state index contributed by atoms with van der Waals surface area (Å²) >= 11 is 1.73. The number of ether oxygens (including phenoxy) is 1. The number of fused-ring (bicyclic) bond motifs is 1. The maximum Gasteiger partial charge on any atom is 0.183 e. The van der Waals surface area contributed by atoms with E-state index in [2.05, 4.69) is 16.4 Å². The van der Waals surface area contributed by atoms with Crippen molar-refractivity contribution in [3.05, 3.63) is 18.2 Å². The lowest BCUT2D eigenvalue weighted by atomic mass is 9.98. The van der Waals surface area contributed by atoms with E-state index in [0.717, 1.165) is 40.7 Å². The fourth-order valence-electron chi connectivity index (χ4n) is 3.08. The van der Waals surface area contributed by atoms with Crippen LogP contribution in [0.5, 0.6) is 5.75 Å². The zero-order valence-corrected chi connectivity index (χ0v) is 12.6. The molecule has 4 rings (SSSR count). The maximum atomic E-state index is 5.27. The number of methoxy groups -OCH3 is 1. The van der Waals surface area contributed by atoms with Crippen LogP contribution in [0.4, 0.5) is 5.13 Å². The number of benzene rings is 1. The third kappa shape index (κ3) is 2.49. The van der Waals surface area contributed by atoms with Gasteiger partial charge in [-0.15, -0.1) is 0 Å². The van der Waals surface area contributed by atoms with Gasteiger partial charge in [0.25, 0.3) is 0 Å². The molecule has 2 aliphatic rings. The van der Waals surface area contributed by atoms with Crippen LogP contribution in [0.2, 0.25) is 0 Å². The molecule has 0 radical (unpaired) electrons. The van der Waals surface area contributed by atoms with Gasteiger partial charge in [0.05, 0.1) is 17.3 Å². The molecular weight excluding hydrogens is 268 g/mol. The highest BCUT2D eigenvalue weighted by molar-refractivity contribution is 7.22. The van der Waals surface area contributed by atoms with Crippen LogP contribution in [0.15, 0.2) is 18.2 Å². The van der Waals surface area contributed by atoms with Crippen LogP contribution >= 0.6 is 11.3 Å². The minimum atomic E-state index is 0.886. The van der Waals surface area contributed by atoms with Crippen molar-refractivity contribution in [2.45, 2.75) is 25.7 Å². The fraction of sp³-hybridized carbons (Fsp3) is 0.562. The van der Waals surface area contributed by atoms with Crippen LogP contribution in [0.1, 0.15) is 25.7 Å². The standard InChI is InChI=1S/C16H20N2OS/c1-19-12-6-7-14-15(8-12)20-16(18-14)17-9-13(10-2-3-10)11-4-5-11/h6-8,10-11,13H,2-5,9H2,1H3,(H,17,18). The highest BCUT2D eigenvalue weighted by Crippen LogP contribution is 2.49. The van der Waals surface area contributed by atoms with Gasteiger partial charge in [0.2, 0.25) is 0 Å². The highest BCUT2D eigenvalue weighted by atomic mass is 32.1. The summed E-state index contributed by atoms with van der Waals surface area (Å²) in [4.78, 5) is 4.67. The van der Waals surface area contributed by atoms with Gasteiger partial charge in [-0.05, 0) is 61.6 Å². The minimum absolute atomic E-state index is 0.886. The van der Waals surface area contributed by atoms with Gasteiger partial charge in [0.1, 0.15) is 5.75 Å². The number of nitrogens with zero attached hydrogens (tertiary/aromatic N) is 1. The first-order chi connectivity index (χ1) is 9.83. The minimum Gasteiger partial charge on any atom is -0.497 e. The van der Waals surface area contributed by atoms with Crippen molar-refractivity contribution in [1.29, 1.82) is 0 Å². The third-order valence-electron chi connectivity index (χ3n) is 4.54. The molecule has 0 bridgehead atoms. The predicted octanol–water partition coefficient (Wildman–Crippen LogP) is 4.15. The van der Waals surface area contributed by atoms with Gasteiger partial charge < -0.3 is 10.1 Å². The third-order valence-corrected chi connectivity index (χ3v) is 5.52. The summed E-state index contributed by atoms with van der Waals surface area (Å²) < 4.78 is 6.46. The molecule has 20 heavy (non-hydrogen) atoms. The SMILES string of the molecule is COc1ccc2nc(NCC(C3CC3)C3CC3)sc2c1. The van der Waals surface area contributed by atoms with Crippen LogP contribution in [0.25, 0.3) is 10.2 Å². The second-order valence-electron chi connectivity index (χ2n) is 6.07. The number of hydrogen-bond acceptors (Lipinski definition) is 4. The Balaban J connectivity index is 1.47. The van der Waals surface area contributed by atoms with Crippen molar-refractivity contribution >= 4 is 26.7 Å². The Morgan fingerprint density at radius 1 is 1.30 bits per heavy atom. The van der Waals surface area contributed by atoms with E-state index in [1.54, 1.807) is 18.4 Å². The van der Waals surface area contributed by atoms with Gasteiger partial charge in [-0.3, -0.25) is 0 Å². The van der Waals surface area contributed by atoms with Gasteiger partial charge in [-0.25, -0.2) is 4.98 Å². The summed E-state index contributed by atoms with van der Waals surface area (Å²) in [7, 11) is 1.71. The average Bonchev–Trinajstić information content (AvgIpc) is 3.37. The molecule has 2 fully saturated rings. The smallest absolute Gasteiger partial charge is 0.183 e. The molecule has 0 amide bonds. The predicted molar refractivity (Wildman–Crippen MR) is 83.6 cm³/mol. The first kappa shape index (κ1) is 12.5. The summed E-state index contributed by atoms with van der Waals surface area (Å²) in [5.74, 6) is 3.77. The summed E-state index contributed by atoms with van der Waals surface area (Å²) in [5, 5.41) is 4.64. The molecule has 1 N–H and O–H groups in total. The quantitative estimate of drug-likeness (QED) is 0.867. The monoisotopic (exact) mass is 288 g/mol. The molecule has 0 spiro atoms. The molecule has 0 atom stereocenters. The average molecular weight is 288 g/mol. The largest absolute Gasteiger partial charge is 0.497 e. The Hall–Kier alpha value is -1.29. The van der Waals surface area contributed by atoms with Crippen LogP contribution in [-0.2, 0) is 0 Å². The van der Waals surface area contributed by atoms with Crippen molar-refractivity contribution < 1.29 is 4.74 Å². The number of hydrogen-bond donors (Lipinski definition) is 1. The number of nitrogens with one attached hydrogen (secondary N) is 1. The molecule has 1 aromatic carbocycles. The van der Waals surface area contributed by atoms with E-state index in [9.17, 15) is 0 Å². The Morgan fingerprint density at radius 2 is 2.05 bits per heavy atom. The molecule has 2 aromatic rings. The zero-order chi connectivity index (χ0) is 13.5. The molecule has 0 unspecified atom stereocenters. The van der Waals surface area contributed by atoms with Gasteiger partial charge >= 0.3 is 0 Å². The van der Waals surface area contributed by atoms with Crippen molar-refractivity contribution in [3.63, 3.8) is 0 Å². The molecule has 1 aromatic heterocycles. The lowest BCUT2D eigenvalue weighted by Crippen LogP contribution is -2.18. The van der Waals surface area contributed by atoms with E-state index in [4.69, 9.17) is 4.74 Å². The number of thiazole rings is 1. The zero-order valence-electron chi connectivity index (χ0n) is 11.8. The number of anilines is 1. The lowest BCUT2D eigenvalue weighted by molar-refractivity contribution is 0.415. The van der Waals surface area contributed by atoms with E-state index in [1.807, 2.05) is 12.1 Å². The molecule has 2 aliphatic carbocycles. The van der Waals surface area contributed by atoms with Gasteiger partial charge in [0.15, 0.2) is 5.13 Å². The van der Waals surface area contributed by atoms with Gasteiger partial charge in [-0.2, -0.15) is 0 Å². The number of aromatic nitrogens is 1. The van der Waals surface area contributed by atoms with Crippen molar-refractivity contribution in [2.24, 2.45) is 17.8 Å².